The first-order chi connectivity index (χ1) is 9.13. The van der Waals surface area contributed by atoms with Crippen molar-refractivity contribution >= 4 is 0 Å². The molecule has 1 N–H and O–H groups in total. The molecule has 1 aliphatic carbocycles. The monoisotopic (exact) mass is 264 g/mol. The van der Waals surface area contributed by atoms with Crippen molar-refractivity contribution in [3.63, 3.8) is 0 Å². The van der Waals surface area contributed by atoms with Crippen molar-refractivity contribution in [2.75, 3.05) is 14.2 Å². The molecule has 3 nitrogen and oxygen atoms in total. The van der Waals surface area contributed by atoms with E-state index in [0.29, 0.717) is 0 Å². The molecular weight excluding hydrogens is 240 g/mol. The van der Waals surface area contributed by atoms with Crippen molar-refractivity contribution < 1.29 is 14.6 Å². The normalized spacial score (nSPS) is 20.0. The Bertz CT molecular complexity index is 422. The average molecular weight is 264 g/mol. The largest absolute Gasteiger partial charge is 0.497 e. The molecule has 1 aromatic carbocycles. The van der Waals surface area contributed by atoms with Gasteiger partial charge < -0.3 is 14.6 Å². The second-order valence-corrected chi connectivity index (χ2v) is 5.45. The van der Waals surface area contributed by atoms with Crippen molar-refractivity contribution in [1.82, 2.24) is 0 Å². The Morgan fingerprint density at radius 3 is 2.37 bits per heavy atom. The summed E-state index contributed by atoms with van der Waals surface area (Å²) in [5, 5.41) is 10.8. The summed E-state index contributed by atoms with van der Waals surface area (Å²) in [5.74, 6) is 0.823. The van der Waals surface area contributed by atoms with Gasteiger partial charge in [-0.1, -0.05) is 25.3 Å². The predicted molar refractivity (Wildman–Crippen MR) is 75.5 cm³/mol. The summed E-state index contributed by atoms with van der Waals surface area (Å²) in [6.45, 7) is 2.01. The highest BCUT2D eigenvalue weighted by Gasteiger charge is 2.40. The van der Waals surface area contributed by atoms with Gasteiger partial charge in [-0.15, -0.1) is 0 Å². The third kappa shape index (κ3) is 2.77. The van der Waals surface area contributed by atoms with Gasteiger partial charge in [0.25, 0.3) is 0 Å². The van der Waals surface area contributed by atoms with Gasteiger partial charge in [0, 0.05) is 7.11 Å². The highest BCUT2D eigenvalue weighted by Crippen LogP contribution is 2.42. The van der Waals surface area contributed by atoms with Crippen molar-refractivity contribution in [3.05, 3.63) is 29.3 Å². The molecular formula is C16H24O3. The minimum atomic E-state index is -0.566. The van der Waals surface area contributed by atoms with E-state index in [4.69, 9.17) is 9.47 Å². The van der Waals surface area contributed by atoms with E-state index in [1.165, 1.54) is 6.42 Å². The highest BCUT2D eigenvalue weighted by atomic mass is 16.5. The minimum Gasteiger partial charge on any atom is -0.497 e. The lowest BCUT2D eigenvalue weighted by molar-refractivity contribution is -0.125. The van der Waals surface area contributed by atoms with Crippen molar-refractivity contribution in [2.24, 2.45) is 0 Å². The van der Waals surface area contributed by atoms with Crippen LogP contribution >= 0.6 is 0 Å². The van der Waals surface area contributed by atoms with E-state index in [-0.39, 0.29) is 0 Å². The van der Waals surface area contributed by atoms with E-state index in [1.54, 1.807) is 14.2 Å². The van der Waals surface area contributed by atoms with Crippen LogP contribution in [0.3, 0.4) is 0 Å². The molecule has 0 bridgehead atoms. The maximum absolute atomic E-state index is 10.8. The fourth-order valence-electron chi connectivity index (χ4n) is 3.10. The van der Waals surface area contributed by atoms with Gasteiger partial charge in [0.2, 0.25) is 0 Å². The van der Waals surface area contributed by atoms with E-state index in [1.807, 2.05) is 25.1 Å². The molecule has 1 fully saturated rings. The summed E-state index contributed by atoms with van der Waals surface area (Å²) in [5.41, 5.74) is 1.58. The second kappa shape index (κ2) is 5.93. The molecule has 1 aromatic rings. The number of aliphatic hydroxyl groups excluding tert-OH is 1. The molecule has 1 unspecified atom stereocenters. The molecule has 1 atom stereocenters. The first kappa shape index (κ1) is 14.4. The van der Waals surface area contributed by atoms with E-state index in [2.05, 4.69) is 0 Å². The molecule has 2 rings (SSSR count). The van der Waals surface area contributed by atoms with E-state index >= 15 is 0 Å². The molecule has 1 saturated carbocycles. The minimum absolute atomic E-state index is 0.419. The Balaban J connectivity index is 2.29. The number of aliphatic hydroxyl groups is 1. The van der Waals surface area contributed by atoms with Crippen molar-refractivity contribution in [3.8, 4) is 5.75 Å². The van der Waals surface area contributed by atoms with Crippen LogP contribution in [0.4, 0.5) is 0 Å². The summed E-state index contributed by atoms with van der Waals surface area (Å²) in [6.07, 6.45) is 4.77. The van der Waals surface area contributed by atoms with Gasteiger partial charge in [-0.25, -0.2) is 0 Å². The Labute approximate surface area is 115 Å². The molecule has 19 heavy (non-hydrogen) atoms. The van der Waals surface area contributed by atoms with Crippen molar-refractivity contribution in [2.45, 2.75) is 50.7 Å². The fraction of sp³-hybridized carbons (Fsp3) is 0.625. The van der Waals surface area contributed by atoms with E-state index in [9.17, 15) is 5.11 Å². The molecule has 0 aliphatic heterocycles. The standard InChI is InChI=1S/C16H24O3/c1-12-11-13(18-2)7-8-14(12)15(17)16(19-3)9-5-4-6-10-16/h7-8,11,15,17H,4-6,9-10H2,1-3H3. The molecule has 0 radical (unpaired) electrons. The Morgan fingerprint density at radius 2 is 1.84 bits per heavy atom. The Kier molecular flexibility index (Phi) is 4.48. The third-order valence-electron chi connectivity index (χ3n) is 4.38. The summed E-state index contributed by atoms with van der Waals surface area (Å²) in [7, 11) is 3.37. The Hall–Kier alpha value is -1.06. The van der Waals surface area contributed by atoms with Gasteiger partial charge in [-0.2, -0.15) is 0 Å². The van der Waals surface area contributed by atoms with Crippen LogP contribution in [0.15, 0.2) is 18.2 Å². The third-order valence-corrected chi connectivity index (χ3v) is 4.38. The predicted octanol–water partition coefficient (Wildman–Crippen LogP) is 3.39. The average Bonchev–Trinajstić information content (AvgIpc) is 2.47. The van der Waals surface area contributed by atoms with Crippen LogP contribution in [0.1, 0.15) is 49.3 Å². The van der Waals surface area contributed by atoms with Crippen LogP contribution in [-0.4, -0.2) is 24.9 Å². The highest BCUT2D eigenvalue weighted by molar-refractivity contribution is 5.37. The number of rotatable bonds is 4. The van der Waals surface area contributed by atoms with Gasteiger partial charge in [0.15, 0.2) is 0 Å². The van der Waals surface area contributed by atoms with Crippen LogP contribution in [-0.2, 0) is 4.74 Å². The van der Waals surface area contributed by atoms with Crippen LogP contribution in [0.5, 0.6) is 5.75 Å². The van der Waals surface area contributed by atoms with Crippen LogP contribution in [0.2, 0.25) is 0 Å². The number of benzene rings is 1. The molecule has 106 valence electrons. The maximum atomic E-state index is 10.8. The summed E-state index contributed by atoms with van der Waals surface area (Å²) < 4.78 is 10.9. The quantitative estimate of drug-likeness (QED) is 0.906. The van der Waals surface area contributed by atoms with Crippen LogP contribution in [0, 0.1) is 6.92 Å². The van der Waals surface area contributed by atoms with Gasteiger partial charge >= 0.3 is 0 Å². The second-order valence-electron chi connectivity index (χ2n) is 5.45. The molecule has 0 spiro atoms. The summed E-state index contributed by atoms with van der Waals surface area (Å²) >= 11 is 0. The molecule has 0 amide bonds. The first-order valence-electron chi connectivity index (χ1n) is 7.01. The van der Waals surface area contributed by atoms with Gasteiger partial charge in [0.1, 0.15) is 11.9 Å². The first-order valence-corrected chi connectivity index (χ1v) is 7.01. The van der Waals surface area contributed by atoms with Gasteiger partial charge in [-0.3, -0.25) is 0 Å². The van der Waals surface area contributed by atoms with Crippen LogP contribution in [0.25, 0.3) is 0 Å². The number of ether oxygens (including phenoxy) is 2. The summed E-state index contributed by atoms with van der Waals surface area (Å²) in [6, 6.07) is 5.82. The maximum Gasteiger partial charge on any atom is 0.119 e. The lowest BCUT2D eigenvalue weighted by Crippen LogP contribution is -2.40. The zero-order chi connectivity index (χ0) is 13.9. The topological polar surface area (TPSA) is 38.7 Å². The van der Waals surface area contributed by atoms with Crippen molar-refractivity contribution in [1.29, 1.82) is 0 Å². The fourth-order valence-corrected chi connectivity index (χ4v) is 3.10. The molecule has 1 aliphatic rings. The molecule has 0 heterocycles. The number of aryl methyl sites for hydroxylation is 1. The zero-order valence-electron chi connectivity index (χ0n) is 12.1. The number of methoxy groups -OCH3 is 2. The molecule has 0 saturated heterocycles. The van der Waals surface area contributed by atoms with E-state index in [0.717, 1.165) is 42.6 Å². The molecule has 0 aromatic heterocycles. The zero-order valence-corrected chi connectivity index (χ0v) is 12.1. The Morgan fingerprint density at radius 1 is 1.16 bits per heavy atom. The van der Waals surface area contributed by atoms with E-state index < -0.39 is 11.7 Å². The lowest BCUT2D eigenvalue weighted by atomic mass is 9.77. The number of hydrogen-bond acceptors (Lipinski definition) is 3. The SMILES string of the molecule is COc1ccc(C(O)C2(OC)CCCCC2)c(C)c1. The number of hydrogen-bond donors (Lipinski definition) is 1. The summed E-state index contributed by atoms with van der Waals surface area (Å²) in [4.78, 5) is 0. The van der Waals surface area contributed by atoms with Gasteiger partial charge in [0.05, 0.1) is 12.7 Å². The molecule has 3 heteroatoms. The van der Waals surface area contributed by atoms with Gasteiger partial charge in [-0.05, 0) is 43.0 Å². The van der Waals surface area contributed by atoms with Crippen LogP contribution < -0.4 is 4.74 Å². The smallest absolute Gasteiger partial charge is 0.119 e. The lowest BCUT2D eigenvalue weighted by Gasteiger charge is -2.40.